The molecule has 106 heavy (non-hydrogen) atoms. The molecule has 4 nitrogen and oxygen atoms in total. The van der Waals surface area contributed by atoms with E-state index < -0.39 is 5.41 Å². The third-order valence-corrected chi connectivity index (χ3v) is 22.1. The summed E-state index contributed by atoms with van der Waals surface area (Å²) in [6, 6.07) is 130. The number of hydrogen-bond donors (Lipinski definition) is 0. The molecule has 0 N–H and O–H groups in total. The largest absolute Gasteiger partial charge is 0.313 e. The quantitative estimate of drug-likeness (QED) is 0.0956. The summed E-state index contributed by atoms with van der Waals surface area (Å²) < 4.78 is 0. The van der Waals surface area contributed by atoms with Crippen molar-refractivity contribution >= 4 is 102 Å². The zero-order valence-corrected chi connectivity index (χ0v) is 58.9. The number of benzene rings is 15. The maximum absolute atomic E-state index is 2.49. The molecule has 15 aromatic rings. The Morgan fingerprint density at radius 1 is 0.255 bits per heavy atom. The zero-order chi connectivity index (χ0) is 70.3. The molecule has 0 aliphatic heterocycles. The van der Waals surface area contributed by atoms with Crippen molar-refractivity contribution in [2.75, 3.05) is 19.6 Å². The Balaban J connectivity index is 0.681. The molecule has 4 heteroatoms. The van der Waals surface area contributed by atoms with Crippen LogP contribution in [-0.4, -0.2) is 0 Å². The minimum atomic E-state index is -0.654. The first-order chi connectivity index (χ1) is 52.6. The molecule has 0 aromatic heterocycles. The van der Waals surface area contributed by atoms with Crippen molar-refractivity contribution in [2.45, 2.75) is 37.5 Å². The van der Waals surface area contributed by atoms with Crippen LogP contribution in [0.4, 0.5) is 62.6 Å². The van der Waals surface area contributed by atoms with Crippen molar-refractivity contribution in [2.24, 2.45) is 0 Å². The van der Waals surface area contributed by atoms with Crippen molar-refractivity contribution < 1.29 is 0 Å². The lowest BCUT2D eigenvalue weighted by Crippen LogP contribution is -2.28. The van der Waals surface area contributed by atoms with Crippen molar-refractivity contribution in [3.05, 3.63) is 444 Å². The fourth-order valence-electron chi connectivity index (χ4n) is 17.1. The van der Waals surface area contributed by atoms with Crippen LogP contribution in [0, 0.1) is 0 Å². The van der Waals surface area contributed by atoms with Crippen molar-refractivity contribution in [3.63, 3.8) is 0 Å². The second kappa shape index (κ2) is 27.5. The molecule has 0 bridgehead atoms. The molecule has 504 valence electrons. The zero-order valence-electron chi connectivity index (χ0n) is 58.9. The summed E-state index contributed by atoms with van der Waals surface area (Å²) in [6.07, 6.45) is 23.5. The summed E-state index contributed by atoms with van der Waals surface area (Å²) in [6.45, 7) is 0. The van der Waals surface area contributed by atoms with Gasteiger partial charge in [0.1, 0.15) is 0 Å². The Hall–Kier alpha value is -13.3. The predicted octanol–water partition coefficient (Wildman–Crippen LogP) is 27.4. The molecule has 0 heterocycles. The Labute approximate surface area is 621 Å². The highest BCUT2D eigenvalue weighted by Gasteiger charge is 2.46. The monoisotopic (exact) mass is 1360 g/mol. The molecular weight excluding hydrogens is 1280 g/mol. The summed E-state index contributed by atoms with van der Waals surface area (Å²) >= 11 is 0. The number of anilines is 11. The van der Waals surface area contributed by atoms with Crippen LogP contribution in [-0.2, 0) is 18.3 Å². The lowest BCUT2D eigenvalue weighted by Gasteiger charge is -2.35. The van der Waals surface area contributed by atoms with E-state index in [2.05, 4.69) is 420 Å². The van der Waals surface area contributed by atoms with Gasteiger partial charge in [-0.25, -0.2) is 0 Å². The van der Waals surface area contributed by atoms with Crippen LogP contribution < -0.4 is 19.6 Å². The number of allylic oxidation sites excluding steroid dienone is 7. The Morgan fingerprint density at radius 3 is 1.11 bits per heavy atom. The normalized spacial score (nSPS) is 13.7. The van der Waals surface area contributed by atoms with Crippen molar-refractivity contribution in [1.82, 2.24) is 0 Å². The van der Waals surface area contributed by atoms with Crippen LogP contribution >= 0.6 is 0 Å². The Bertz CT molecular complexity index is 5910. The molecule has 15 aromatic carbocycles. The van der Waals surface area contributed by atoms with E-state index in [0.29, 0.717) is 0 Å². The molecule has 19 rings (SSSR count). The van der Waals surface area contributed by atoms with Crippen LogP contribution in [0.15, 0.2) is 394 Å². The lowest BCUT2D eigenvalue weighted by molar-refractivity contribution is 0.768. The number of hydrogen-bond acceptors (Lipinski definition) is 4. The van der Waals surface area contributed by atoms with Gasteiger partial charge in [-0.2, -0.15) is 0 Å². The van der Waals surface area contributed by atoms with Crippen molar-refractivity contribution in [1.29, 1.82) is 0 Å². The highest BCUT2D eigenvalue weighted by molar-refractivity contribution is 6.01. The minimum Gasteiger partial charge on any atom is -0.313 e. The number of rotatable bonds is 16. The van der Waals surface area contributed by atoms with E-state index in [9.17, 15) is 0 Å². The highest BCUT2D eigenvalue weighted by Crippen LogP contribution is 2.57. The molecule has 0 saturated carbocycles. The first-order valence-corrected chi connectivity index (χ1v) is 37.2. The maximum atomic E-state index is 2.49. The van der Waals surface area contributed by atoms with Gasteiger partial charge in [0.15, 0.2) is 0 Å². The van der Waals surface area contributed by atoms with Crippen LogP contribution in [0.2, 0.25) is 0 Å². The molecule has 0 saturated heterocycles. The number of nitrogens with zero attached hydrogens (tertiary/aromatic N) is 4. The molecule has 0 spiro atoms. The van der Waals surface area contributed by atoms with E-state index in [4.69, 9.17) is 0 Å². The fraction of sp³-hybridized carbons (Fsp3) is 0.0588. The molecule has 4 aliphatic carbocycles. The molecule has 0 radical (unpaired) electrons. The topological polar surface area (TPSA) is 13.0 Å². The first-order valence-electron chi connectivity index (χ1n) is 37.2. The van der Waals surface area contributed by atoms with E-state index in [1.54, 1.807) is 0 Å². The van der Waals surface area contributed by atoms with Gasteiger partial charge in [-0.1, -0.05) is 285 Å². The van der Waals surface area contributed by atoms with Gasteiger partial charge in [-0.15, -0.1) is 0 Å². The Morgan fingerprint density at radius 2 is 0.623 bits per heavy atom. The van der Waals surface area contributed by atoms with Gasteiger partial charge >= 0.3 is 0 Å². The molecule has 0 unspecified atom stereocenters. The SMILES string of the molecule is C1=Cc2c(cccc2N(c2ccccc2)c2ccc(C3=CC=C(N(c4ccc(C5(c6ccc(N(c7ccc(-c8ccc(N(c9ccccc9)c9cccc%10c9C=CCC%10)cc8)cc7)c7cccc8ccccc78)cc6)c6ccccc6-c6ccccc65)cc4)c4cccc5ccccc45)CC=C3)cc2)CC1. The third kappa shape index (κ3) is 11.3. The van der Waals surface area contributed by atoms with E-state index in [0.717, 1.165) is 106 Å². The first kappa shape index (κ1) is 63.6. The fourth-order valence-corrected chi connectivity index (χ4v) is 17.1. The number of fused-ring (bicyclic) bond motifs is 7. The summed E-state index contributed by atoms with van der Waals surface area (Å²) in [7, 11) is 0. The van der Waals surface area contributed by atoms with Gasteiger partial charge in [0.05, 0.1) is 28.2 Å². The second-order valence-corrected chi connectivity index (χ2v) is 28.1. The summed E-state index contributed by atoms with van der Waals surface area (Å²) in [5.74, 6) is 0. The second-order valence-electron chi connectivity index (χ2n) is 28.1. The van der Waals surface area contributed by atoms with Gasteiger partial charge in [0, 0.05) is 73.8 Å². The van der Waals surface area contributed by atoms with Gasteiger partial charge in [0.25, 0.3) is 0 Å². The smallest absolute Gasteiger partial charge is 0.0713 e. The minimum absolute atomic E-state index is 0.654. The average Bonchev–Trinajstić information content (AvgIpc) is 1.53. The highest BCUT2D eigenvalue weighted by atomic mass is 15.2. The predicted molar refractivity (Wildman–Crippen MR) is 448 cm³/mol. The summed E-state index contributed by atoms with van der Waals surface area (Å²) in [5.41, 5.74) is 30.4. The van der Waals surface area contributed by atoms with E-state index in [1.807, 2.05) is 0 Å². The third-order valence-electron chi connectivity index (χ3n) is 22.1. The van der Waals surface area contributed by atoms with Crippen LogP contribution in [0.3, 0.4) is 0 Å². The average molecular weight is 1360 g/mol. The van der Waals surface area contributed by atoms with Gasteiger partial charge in [-0.05, 0) is 218 Å². The van der Waals surface area contributed by atoms with E-state index >= 15 is 0 Å². The van der Waals surface area contributed by atoms with Crippen LogP contribution in [0.1, 0.15) is 69.3 Å². The molecular formula is C102H76N4. The van der Waals surface area contributed by atoms with E-state index in [-0.39, 0.29) is 0 Å². The molecule has 0 amide bonds. The molecule has 0 fully saturated rings. The van der Waals surface area contributed by atoms with Crippen molar-refractivity contribution in [3.8, 4) is 22.3 Å². The van der Waals surface area contributed by atoms with Gasteiger partial charge < -0.3 is 19.6 Å². The van der Waals surface area contributed by atoms with Gasteiger partial charge in [-0.3, -0.25) is 0 Å². The Kier molecular flexibility index (Phi) is 16.5. The van der Waals surface area contributed by atoms with Crippen LogP contribution in [0.5, 0.6) is 0 Å². The molecule has 0 atom stereocenters. The maximum Gasteiger partial charge on any atom is 0.0713 e. The standard InChI is InChI=1S/C102H76N4/c1-3-33-82(34-4-1)103(98-46-20-29-76-24-7-11-38-90(76)98)85-62-51-73(52-63-85)72-28-19-37-84(61-50-72)105(100-48-22-31-78-26-9-13-40-92(78)100)88-68-57-80(58-69-88)102(96-44-17-15-42-94(96)95-43-16-18-45-97(95)102)81-59-70-89(71-60-81)106(101-49-23-32-79-27-10-14-41-93(79)101)87-66-55-75(56-67-87)74-53-64-86(65-54-74)104(83-35-5-2-6-36-83)99-47-21-30-77-25-8-12-39-91(77)99/h1-6,9-23,26-36,38-71H,7-8,24-25,37H2. The molecule has 4 aliphatic rings. The van der Waals surface area contributed by atoms with Gasteiger partial charge in [0.2, 0.25) is 0 Å². The lowest BCUT2D eigenvalue weighted by atomic mass is 9.67. The van der Waals surface area contributed by atoms with E-state index in [1.165, 1.54) is 94.3 Å². The van der Waals surface area contributed by atoms with Crippen LogP contribution in [0.25, 0.3) is 61.5 Å². The summed E-state index contributed by atoms with van der Waals surface area (Å²) in [4.78, 5) is 9.73. The number of para-hydroxylation sites is 2. The number of aryl methyl sites for hydroxylation is 2. The summed E-state index contributed by atoms with van der Waals surface area (Å²) in [5, 5.41) is 4.77.